The van der Waals surface area contributed by atoms with Crippen molar-refractivity contribution in [1.82, 2.24) is 10.9 Å². The van der Waals surface area contributed by atoms with Crippen molar-refractivity contribution in [1.29, 1.82) is 0 Å². The molecule has 0 aliphatic rings. The average molecular weight is 264 g/mol. The first-order chi connectivity index (χ1) is 9.24. The van der Waals surface area contributed by atoms with E-state index in [9.17, 15) is 0 Å². The van der Waals surface area contributed by atoms with Crippen LogP contribution in [-0.4, -0.2) is 6.54 Å². The molecule has 0 aliphatic heterocycles. The lowest BCUT2D eigenvalue weighted by Crippen LogP contribution is -2.32. The number of nitrogens with one attached hydrogen (secondary N) is 2. The van der Waals surface area contributed by atoms with Gasteiger partial charge < -0.3 is 0 Å². The molecule has 1 aromatic carbocycles. The van der Waals surface area contributed by atoms with Gasteiger partial charge in [0.15, 0.2) is 0 Å². The summed E-state index contributed by atoms with van der Waals surface area (Å²) < 4.78 is 0. The molecule has 1 aromatic rings. The highest BCUT2D eigenvalue weighted by molar-refractivity contribution is 5.26. The van der Waals surface area contributed by atoms with Gasteiger partial charge >= 0.3 is 0 Å². The first-order valence-electron chi connectivity index (χ1n) is 7.76. The summed E-state index contributed by atoms with van der Waals surface area (Å²) in [5, 5.41) is 0. The molecule has 19 heavy (non-hydrogen) atoms. The maximum atomic E-state index is 3.30. The molecule has 0 bridgehead atoms. The maximum absolute atomic E-state index is 3.30. The fourth-order valence-electron chi connectivity index (χ4n) is 1.92. The summed E-state index contributed by atoms with van der Waals surface area (Å²) >= 11 is 0. The Balaban J connectivity index is 0.00000154. The predicted octanol–water partition coefficient (Wildman–Crippen LogP) is 4.31. The van der Waals surface area contributed by atoms with Crippen molar-refractivity contribution < 1.29 is 0 Å². The minimum atomic E-state index is 0.803. The van der Waals surface area contributed by atoms with Gasteiger partial charge in [-0.25, -0.2) is 0 Å². The van der Waals surface area contributed by atoms with Crippen LogP contribution in [0.5, 0.6) is 0 Å². The fraction of sp³-hybridized carbons (Fsp3) is 0.647. The highest BCUT2D eigenvalue weighted by Gasteiger charge is 1.98. The molecule has 0 atom stereocenters. The summed E-state index contributed by atoms with van der Waals surface area (Å²) in [6.45, 7) is 12.7. The topological polar surface area (TPSA) is 24.1 Å². The van der Waals surface area contributed by atoms with Crippen LogP contribution in [0.2, 0.25) is 0 Å². The highest BCUT2D eigenvalue weighted by Crippen LogP contribution is 2.08. The average Bonchev–Trinajstić information content (AvgIpc) is 2.45. The zero-order chi connectivity index (χ0) is 14.5. The summed E-state index contributed by atoms with van der Waals surface area (Å²) in [6, 6.07) is 8.62. The molecule has 1 rings (SSSR count). The van der Waals surface area contributed by atoms with Gasteiger partial charge in [0.1, 0.15) is 0 Å². The van der Waals surface area contributed by atoms with Crippen molar-refractivity contribution in [2.45, 2.75) is 60.4 Å². The third-order valence-electron chi connectivity index (χ3n) is 2.99. The quantitative estimate of drug-likeness (QED) is 0.540. The van der Waals surface area contributed by atoms with Crippen molar-refractivity contribution >= 4 is 0 Å². The number of hydrogen-bond donors (Lipinski definition) is 2. The molecule has 2 heteroatoms. The van der Waals surface area contributed by atoms with Crippen LogP contribution in [0.3, 0.4) is 0 Å². The molecule has 0 unspecified atom stereocenters. The van der Waals surface area contributed by atoms with Gasteiger partial charge in [-0.05, 0) is 36.3 Å². The number of benzene rings is 1. The van der Waals surface area contributed by atoms with Gasteiger partial charge in [0, 0.05) is 13.1 Å². The zero-order valence-electron chi connectivity index (χ0n) is 13.4. The molecular formula is C17H32N2. The molecule has 0 spiro atoms. The van der Waals surface area contributed by atoms with Gasteiger partial charge in [0.25, 0.3) is 0 Å². The van der Waals surface area contributed by atoms with Crippen molar-refractivity contribution in [2.75, 3.05) is 6.54 Å². The Labute approximate surface area is 120 Å². The maximum Gasteiger partial charge on any atom is 0.0353 e. The standard InChI is InChI=1S/C15H26N2.C2H6/c1-4-14-9-5-6-10-15(14)12-17-16-11-7-8-13(2)3;1-2/h5-6,9-10,13,16-17H,4,7-8,11-12H2,1-3H3;1-2H3. The smallest absolute Gasteiger partial charge is 0.0353 e. The van der Waals surface area contributed by atoms with Crippen molar-refractivity contribution in [3.8, 4) is 0 Å². The molecule has 2 nitrogen and oxygen atoms in total. The van der Waals surface area contributed by atoms with Gasteiger partial charge in [0.2, 0.25) is 0 Å². The third kappa shape index (κ3) is 8.79. The summed E-state index contributed by atoms with van der Waals surface area (Å²) in [7, 11) is 0. The minimum Gasteiger partial charge on any atom is -0.258 e. The summed E-state index contributed by atoms with van der Waals surface area (Å²) in [4.78, 5) is 0. The van der Waals surface area contributed by atoms with Crippen molar-refractivity contribution in [2.24, 2.45) is 5.92 Å². The Morgan fingerprint density at radius 1 is 1.00 bits per heavy atom. The summed E-state index contributed by atoms with van der Waals surface area (Å²) in [5.74, 6) is 0.803. The van der Waals surface area contributed by atoms with Gasteiger partial charge in [-0.3, -0.25) is 10.9 Å². The van der Waals surface area contributed by atoms with Crippen LogP contribution in [0.4, 0.5) is 0 Å². The van der Waals surface area contributed by atoms with E-state index in [2.05, 4.69) is 55.9 Å². The van der Waals surface area contributed by atoms with Gasteiger partial charge in [-0.15, -0.1) is 0 Å². The van der Waals surface area contributed by atoms with E-state index in [1.54, 1.807) is 0 Å². The van der Waals surface area contributed by atoms with Gasteiger partial charge in [-0.1, -0.05) is 58.9 Å². The van der Waals surface area contributed by atoms with E-state index in [0.717, 1.165) is 25.4 Å². The largest absolute Gasteiger partial charge is 0.258 e. The molecule has 0 saturated carbocycles. The molecule has 110 valence electrons. The molecule has 0 fully saturated rings. The Morgan fingerprint density at radius 3 is 2.21 bits per heavy atom. The first kappa shape index (κ1) is 18.1. The molecule has 0 radical (unpaired) electrons. The Kier molecular flexibility index (Phi) is 11.6. The van der Waals surface area contributed by atoms with Crippen LogP contribution in [0.15, 0.2) is 24.3 Å². The van der Waals surface area contributed by atoms with Crippen LogP contribution < -0.4 is 10.9 Å². The second kappa shape index (κ2) is 12.2. The number of aryl methyl sites for hydroxylation is 1. The van der Waals surface area contributed by atoms with E-state index in [1.165, 1.54) is 24.0 Å². The Hall–Kier alpha value is -0.860. The molecule has 0 aliphatic carbocycles. The summed E-state index contributed by atoms with van der Waals surface area (Å²) in [6.07, 6.45) is 3.63. The lowest BCUT2D eigenvalue weighted by Gasteiger charge is -2.10. The number of hydrogen-bond acceptors (Lipinski definition) is 2. The first-order valence-corrected chi connectivity index (χ1v) is 7.76. The zero-order valence-corrected chi connectivity index (χ0v) is 13.4. The third-order valence-corrected chi connectivity index (χ3v) is 2.99. The van der Waals surface area contributed by atoms with Crippen LogP contribution >= 0.6 is 0 Å². The van der Waals surface area contributed by atoms with Gasteiger partial charge in [0.05, 0.1) is 0 Å². The lowest BCUT2D eigenvalue weighted by atomic mass is 10.1. The summed E-state index contributed by atoms with van der Waals surface area (Å²) in [5.41, 5.74) is 9.42. The second-order valence-corrected chi connectivity index (χ2v) is 4.94. The van der Waals surface area contributed by atoms with Crippen LogP contribution in [0, 0.1) is 5.92 Å². The Bertz CT molecular complexity index is 308. The Morgan fingerprint density at radius 2 is 1.63 bits per heavy atom. The van der Waals surface area contributed by atoms with E-state index in [0.29, 0.717) is 0 Å². The fourth-order valence-corrected chi connectivity index (χ4v) is 1.92. The normalized spacial score (nSPS) is 10.2. The molecule has 0 amide bonds. The van der Waals surface area contributed by atoms with Crippen LogP contribution in [0.1, 0.15) is 58.6 Å². The molecule has 0 saturated heterocycles. The van der Waals surface area contributed by atoms with E-state index in [-0.39, 0.29) is 0 Å². The number of hydrazine groups is 1. The van der Waals surface area contributed by atoms with Crippen LogP contribution in [-0.2, 0) is 13.0 Å². The second-order valence-electron chi connectivity index (χ2n) is 4.94. The predicted molar refractivity (Wildman–Crippen MR) is 86.1 cm³/mol. The van der Waals surface area contributed by atoms with Crippen molar-refractivity contribution in [3.63, 3.8) is 0 Å². The van der Waals surface area contributed by atoms with E-state index in [4.69, 9.17) is 0 Å². The molecule has 0 heterocycles. The molecule has 2 N–H and O–H groups in total. The SMILES string of the molecule is CC.CCc1ccccc1CNNCCCC(C)C. The van der Waals surface area contributed by atoms with E-state index >= 15 is 0 Å². The van der Waals surface area contributed by atoms with E-state index in [1.807, 2.05) is 13.8 Å². The van der Waals surface area contributed by atoms with Gasteiger partial charge in [-0.2, -0.15) is 0 Å². The number of rotatable bonds is 8. The highest BCUT2D eigenvalue weighted by atomic mass is 15.3. The lowest BCUT2D eigenvalue weighted by molar-refractivity contribution is 0.476. The molecule has 0 aromatic heterocycles. The van der Waals surface area contributed by atoms with Crippen LogP contribution in [0.25, 0.3) is 0 Å². The van der Waals surface area contributed by atoms with E-state index < -0.39 is 0 Å². The van der Waals surface area contributed by atoms with Crippen molar-refractivity contribution in [3.05, 3.63) is 35.4 Å². The monoisotopic (exact) mass is 264 g/mol. The molecular weight excluding hydrogens is 232 g/mol. The minimum absolute atomic E-state index is 0.803.